The van der Waals surface area contributed by atoms with Gasteiger partial charge in [0, 0.05) is 43.4 Å². The molecule has 0 aromatic heterocycles. The zero-order chi connectivity index (χ0) is 20.3. The molecule has 1 aliphatic heterocycles. The van der Waals surface area contributed by atoms with Crippen LogP contribution in [-0.4, -0.2) is 55.4 Å². The van der Waals surface area contributed by atoms with E-state index in [0.717, 1.165) is 42.5 Å². The van der Waals surface area contributed by atoms with Gasteiger partial charge in [0.25, 0.3) is 0 Å². The minimum atomic E-state index is -0.500. The Morgan fingerprint density at radius 2 is 1.71 bits per heavy atom. The van der Waals surface area contributed by atoms with Gasteiger partial charge in [-0.15, -0.1) is 0 Å². The first-order valence-electron chi connectivity index (χ1n) is 9.95. The van der Waals surface area contributed by atoms with Crippen LogP contribution < -0.4 is 9.64 Å². The molecule has 0 saturated carbocycles. The number of anilines is 1. The van der Waals surface area contributed by atoms with E-state index < -0.39 is 6.10 Å². The predicted molar refractivity (Wildman–Crippen MR) is 117 cm³/mol. The van der Waals surface area contributed by atoms with E-state index in [9.17, 15) is 5.11 Å². The second-order valence-electron chi connectivity index (χ2n) is 7.89. The number of benzene rings is 2. The van der Waals surface area contributed by atoms with Crippen LogP contribution in [0.3, 0.4) is 0 Å². The van der Waals surface area contributed by atoms with Crippen molar-refractivity contribution in [1.82, 2.24) is 4.90 Å². The second-order valence-corrected chi connectivity index (χ2v) is 8.32. The molecule has 1 saturated heterocycles. The van der Waals surface area contributed by atoms with Gasteiger partial charge in [-0.2, -0.15) is 0 Å². The largest absolute Gasteiger partial charge is 0.491 e. The van der Waals surface area contributed by atoms with Crippen molar-refractivity contribution in [3.8, 4) is 5.75 Å². The molecule has 1 atom stereocenters. The van der Waals surface area contributed by atoms with Crippen LogP contribution in [0, 0.1) is 27.7 Å². The standard InChI is InChI=1S/C23H31ClN2O2/c1-16-11-18(3)19(4)23(12-16)28-15-21(27)14-25-7-9-26(10-8-25)22-13-20(24)6-5-17(22)2/h5-6,11-13,21,27H,7-10,14-15H2,1-4H3. The van der Waals surface area contributed by atoms with Crippen LogP contribution >= 0.6 is 11.6 Å². The summed E-state index contributed by atoms with van der Waals surface area (Å²) in [7, 11) is 0. The molecule has 4 nitrogen and oxygen atoms in total. The second kappa shape index (κ2) is 9.17. The van der Waals surface area contributed by atoms with Crippen molar-refractivity contribution in [2.24, 2.45) is 0 Å². The number of hydrogen-bond donors (Lipinski definition) is 1. The molecule has 5 heteroatoms. The maximum atomic E-state index is 10.5. The lowest BCUT2D eigenvalue weighted by Gasteiger charge is -2.37. The highest BCUT2D eigenvalue weighted by Crippen LogP contribution is 2.26. The molecular weight excluding hydrogens is 372 g/mol. The maximum Gasteiger partial charge on any atom is 0.122 e. The number of piperazine rings is 1. The Balaban J connectivity index is 1.49. The Kier molecular flexibility index (Phi) is 6.86. The van der Waals surface area contributed by atoms with Gasteiger partial charge < -0.3 is 14.7 Å². The zero-order valence-electron chi connectivity index (χ0n) is 17.3. The molecule has 0 bridgehead atoms. The molecule has 1 fully saturated rings. The van der Waals surface area contributed by atoms with E-state index in [1.807, 2.05) is 18.2 Å². The molecule has 3 rings (SSSR count). The normalized spacial score (nSPS) is 16.3. The smallest absolute Gasteiger partial charge is 0.122 e. The van der Waals surface area contributed by atoms with E-state index in [-0.39, 0.29) is 0 Å². The molecule has 0 spiro atoms. The maximum absolute atomic E-state index is 10.5. The van der Waals surface area contributed by atoms with Crippen molar-refractivity contribution in [2.45, 2.75) is 33.8 Å². The number of aliphatic hydroxyl groups is 1. The lowest BCUT2D eigenvalue weighted by atomic mass is 10.1. The zero-order valence-corrected chi connectivity index (χ0v) is 18.1. The number of β-amino-alcohol motifs (C(OH)–C–C–N with tert-alkyl or cyclic N) is 1. The average Bonchev–Trinajstić information content (AvgIpc) is 2.66. The minimum Gasteiger partial charge on any atom is -0.491 e. The first-order chi connectivity index (χ1) is 13.3. The first kappa shape index (κ1) is 21.0. The van der Waals surface area contributed by atoms with Gasteiger partial charge in [-0.3, -0.25) is 4.90 Å². The van der Waals surface area contributed by atoms with Crippen molar-refractivity contribution in [1.29, 1.82) is 0 Å². The first-order valence-corrected chi connectivity index (χ1v) is 10.3. The monoisotopic (exact) mass is 402 g/mol. The molecule has 2 aromatic carbocycles. The van der Waals surface area contributed by atoms with Gasteiger partial charge in [0.15, 0.2) is 0 Å². The van der Waals surface area contributed by atoms with Crippen molar-refractivity contribution >= 4 is 17.3 Å². The summed E-state index contributed by atoms with van der Waals surface area (Å²) in [5.74, 6) is 0.873. The number of aryl methyl sites for hydroxylation is 3. The summed E-state index contributed by atoms with van der Waals surface area (Å²) in [4.78, 5) is 4.68. The molecule has 0 amide bonds. The molecule has 0 aliphatic carbocycles. The summed E-state index contributed by atoms with van der Waals surface area (Å²) >= 11 is 6.17. The van der Waals surface area contributed by atoms with Crippen molar-refractivity contribution in [3.05, 3.63) is 57.6 Å². The van der Waals surface area contributed by atoms with E-state index in [0.29, 0.717) is 13.2 Å². The number of ether oxygens (including phenoxy) is 1. The van der Waals surface area contributed by atoms with Crippen molar-refractivity contribution < 1.29 is 9.84 Å². The highest BCUT2D eigenvalue weighted by Gasteiger charge is 2.21. The van der Waals surface area contributed by atoms with E-state index in [2.05, 4.69) is 49.6 Å². The van der Waals surface area contributed by atoms with E-state index >= 15 is 0 Å². The number of halogens is 1. The fraction of sp³-hybridized carbons (Fsp3) is 0.478. The molecule has 152 valence electrons. The van der Waals surface area contributed by atoms with Crippen LogP contribution in [0.1, 0.15) is 22.3 Å². The van der Waals surface area contributed by atoms with Crippen LogP contribution in [0.15, 0.2) is 30.3 Å². The third-order valence-corrected chi connectivity index (χ3v) is 5.78. The number of aliphatic hydroxyl groups excluding tert-OH is 1. The molecule has 2 aromatic rings. The molecule has 1 heterocycles. The van der Waals surface area contributed by atoms with Gasteiger partial charge in [-0.05, 0) is 68.1 Å². The van der Waals surface area contributed by atoms with Crippen molar-refractivity contribution in [2.75, 3.05) is 44.2 Å². The SMILES string of the molecule is Cc1cc(C)c(C)c(OCC(O)CN2CCN(c3cc(Cl)ccc3C)CC2)c1. The van der Waals surface area contributed by atoms with Gasteiger partial charge in [0.1, 0.15) is 18.5 Å². The lowest BCUT2D eigenvalue weighted by molar-refractivity contribution is 0.0660. The Hall–Kier alpha value is -1.75. The van der Waals surface area contributed by atoms with Gasteiger partial charge in [0.2, 0.25) is 0 Å². The Bertz CT molecular complexity index is 816. The quantitative estimate of drug-likeness (QED) is 0.787. The van der Waals surface area contributed by atoms with Crippen LogP contribution in [0.25, 0.3) is 0 Å². The summed E-state index contributed by atoms with van der Waals surface area (Å²) in [5, 5.41) is 11.2. The minimum absolute atomic E-state index is 0.317. The van der Waals surface area contributed by atoms with Crippen LogP contribution in [0.4, 0.5) is 5.69 Å². The fourth-order valence-corrected chi connectivity index (χ4v) is 3.95. The molecule has 1 unspecified atom stereocenters. The molecule has 1 N–H and O–H groups in total. The van der Waals surface area contributed by atoms with Crippen LogP contribution in [-0.2, 0) is 0 Å². The summed E-state index contributed by atoms with van der Waals surface area (Å²) in [5.41, 5.74) is 6.00. The lowest BCUT2D eigenvalue weighted by Crippen LogP contribution is -2.49. The fourth-order valence-electron chi connectivity index (χ4n) is 3.78. The van der Waals surface area contributed by atoms with E-state index in [4.69, 9.17) is 16.3 Å². The van der Waals surface area contributed by atoms with Gasteiger partial charge >= 0.3 is 0 Å². The third kappa shape index (κ3) is 5.19. The number of nitrogens with zero attached hydrogens (tertiary/aromatic N) is 2. The molecule has 28 heavy (non-hydrogen) atoms. The molecule has 1 aliphatic rings. The molecular formula is C23H31ClN2O2. The van der Waals surface area contributed by atoms with Gasteiger partial charge in [0.05, 0.1) is 0 Å². The highest BCUT2D eigenvalue weighted by atomic mass is 35.5. The van der Waals surface area contributed by atoms with Crippen LogP contribution in [0.2, 0.25) is 5.02 Å². The van der Waals surface area contributed by atoms with Crippen molar-refractivity contribution in [3.63, 3.8) is 0 Å². The predicted octanol–water partition coefficient (Wildman–Crippen LogP) is 4.14. The van der Waals surface area contributed by atoms with Gasteiger partial charge in [-0.1, -0.05) is 23.7 Å². The number of hydrogen-bond acceptors (Lipinski definition) is 4. The average molecular weight is 403 g/mol. The van der Waals surface area contributed by atoms with E-state index in [1.54, 1.807) is 0 Å². The Morgan fingerprint density at radius 1 is 1.00 bits per heavy atom. The number of rotatable bonds is 6. The molecule has 0 radical (unpaired) electrons. The van der Waals surface area contributed by atoms with Gasteiger partial charge in [-0.25, -0.2) is 0 Å². The van der Waals surface area contributed by atoms with Crippen LogP contribution in [0.5, 0.6) is 5.75 Å². The summed E-state index contributed by atoms with van der Waals surface area (Å²) in [6.45, 7) is 13.0. The Labute approximate surface area is 173 Å². The summed E-state index contributed by atoms with van der Waals surface area (Å²) < 4.78 is 5.92. The highest BCUT2D eigenvalue weighted by molar-refractivity contribution is 6.30. The van der Waals surface area contributed by atoms with E-state index in [1.165, 1.54) is 22.4 Å². The summed E-state index contributed by atoms with van der Waals surface area (Å²) in [6, 6.07) is 10.2. The Morgan fingerprint density at radius 3 is 2.43 bits per heavy atom. The third-order valence-electron chi connectivity index (χ3n) is 5.55. The topological polar surface area (TPSA) is 35.9 Å². The summed E-state index contributed by atoms with van der Waals surface area (Å²) in [6.07, 6.45) is -0.500.